The Kier molecular flexibility index (Phi) is 4.61. The van der Waals surface area contributed by atoms with Crippen molar-refractivity contribution >= 4 is 11.9 Å². The van der Waals surface area contributed by atoms with E-state index in [0.717, 1.165) is 5.56 Å². The van der Waals surface area contributed by atoms with E-state index in [2.05, 4.69) is 5.10 Å². The zero-order valence-corrected chi connectivity index (χ0v) is 13.3. The molecular weight excluding hydrogens is 310 g/mol. The number of carbonyl (C=O) groups is 2. The summed E-state index contributed by atoms with van der Waals surface area (Å²) in [6, 6.07) is 8.17. The first-order valence-electron chi connectivity index (χ1n) is 7.71. The summed E-state index contributed by atoms with van der Waals surface area (Å²) in [7, 11) is 1.53. The first kappa shape index (κ1) is 16.2. The number of rotatable bonds is 5. The lowest BCUT2D eigenvalue weighted by Gasteiger charge is -2.21. The van der Waals surface area contributed by atoms with Gasteiger partial charge in [0.05, 0.1) is 12.6 Å². The van der Waals surface area contributed by atoms with Gasteiger partial charge in [-0.2, -0.15) is 5.10 Å². The molecule has 126 valence electrons. The van der Waals surface area contributed by atoms with Crippen LogP contribution < -0.4 is 0 Å². The summed E-state index contributed by atoms with van der Waals surface area (Å²) in [6.45, 7) is 0.913. The smallest absolute Gasteiger partial charge is 0.326 e. The van der Waals surface area contributed by atoms with Gasteiger partial charge >= 0.3 is 5.97 Å². The lowest BCUT2D eigenvalue weighted by atomic mass is 10.1. The molecule has 2 heterocycles. The van der Waals surface area contributed by atoms with Gasteiger partial charge in [0.15, 0.2) is 0 Å². The van der Waals surface area contributed by atoms with Crippen LogP contribution >= 0.6 is 0 Å². The fraction of sp³-hybridized carbons (Fsp3) is 0.353. The Labute approximate surface area is 139 Å². The van der Waals surface area contributed by atoms with Gasteiger partial charge in [-0.15, -0.1) is 0 Å². The molecule has 0 spiro atoms. The molecule has 3 rings (SSSR count). The zero-order valence-electron chi connectivity index (χ0n) is 13.3. The van der Waals surface area contributed by atoms with Crippen molar-refractivity contribution in [1.82, 2.24) is 14.7 Å². The van der Waals surface area contributed by atoms with Gasteiger partial charge in [0.2, 0.25) is 0 Å². The minimum absolute atomic E-state index is 0.242. The number of likely N-dealkylation sites (tertiary alicyclic amines) is 1. The molecule has 0 aliphatic carbocycles. The number of aromatic nitrogens is 2. The maximum Gasteiger partial charge on any atom is 0.326 e. The van der Waals surface area contributed by atoms with Gasteiger partial charge in [0, 0.05) is 38.0 Å². The number of hydrogen-bond donors (Lipinski definition) is 1. The van der Waals surface area contributed by atoms with E-state index in [1.165, 1.54) is 12.0 Å². The molecule has 1 N–H and O–H groups in total. The highest BCUT2D eigenvalue weighted by Gasteiger charge is 2.40. The number of carboxylic acid groups (broad SMARTS) is 1. The second kappa shape index (κ2) is 6.84. The summed E-state index contributed by atoms with van der Waals surface area (Å²) in [4.78, 5) is 25.4. The number of aliphatic carboxylic acids is 1. The average Bonchev–Trinajstić information content (AvgIpc) is 3.24. The van der Waals surface area contributed by atoms with E-state index in [4.69, 9.17) is 4.74 Å². The van der Waals surface area contributed by atoms with Crippen LogP contribution in [0, 0.1) is 0 Å². The standard InChI is InChI=1S/C17H19N3O4/c1-24-14-9-15(17(22)23)20(11-14)16(21)13-5-3-12(4-6-13)10-19-8-2-7-18-19/h2-8,14-15H,9-11H2,1H3,(H,22,23). The van der Waals surface area contributed by atoms with E-state index < -0.39 is 12.0 Å². The van der Waals surface area contributed by atoms with Crippen LogP contribution in [0.4, 0.5) is 0 Å². The lowest BCUT2D eigenvalue weighted by Crippen LogP contribution is -2.40. The topological polar surface area (TPSA) is 84.7 Å². The van der Waals surface area contributed by atoms with E-state index in [1.54, 1.807) is 23.0 Å². The van der Waals surface area contributed by atoms with E-state index in [0.29, 0.717) is 25.1 Å². The van der Waals surface area contributed by atoms with E-state index in [9.17, 15) is 14.7 Å². The summed E-state index contributed by atoms with van der Waals surface area (Å²) in [5, 5.41) is 13.5. The minimum atomic E-state index is -1.00. The highest BCUT2D eigenvalue weighted by Crippen LogP contribution is 2.23. The summed E-state index contributed by atoms with van der Waals surface area (Å²) in [6.07, 6.45) is 3.65. The molecule has 7 heteroatoms. The molecule has 2 unspecified atom stereocenters. The third-order valence-corrected chi connectivity index (χ3v) is 4.25. The second-order valence-corrected chi connectivity index (χ2v) is 5.81. The van der Waals surface area contributed by atoms with Crippen molar-refractivity contribution in [2.45, 2.75) is 25.1 Å². The van der Waals surface area contributed by atoms with Gasteiger partial charge in [-0.3, -0.25) is 9.48 Å². The van der Waals surface area contributed by atoms with Crippen LogP contribution in [0.1, 0.15) is 22.3 Å². The third-order valence-electron chi connectivity index (χ3n) is 4.25. The number of benzene rings is 1. The molecule has 0 radical (unpaired) electrons. The number of ether oxygens (including phenoxy) is 1. The number of methoxy groups -OCH3 is 1. The predicted molar refractivity (Wildman–Crippen MR) is 85.6 cm³/mol. The maximum absolute atomic E-state index is 12.6. The largest absolute Gasteiger partial charge is 0.480 e. The van der Waals surface area contributed by atoms with Crippen molar-refractivity contribution in [3.05, 3.63) is 53.9 Å². The van der Waals surface area contributed by atoms with Gasteiger partial charge < -0.3 is 14.7 Å². The highest BCUT2D eigenvalue weighted by molar-refractivity contribution is 5.97. The Balaban J connectivity index is 1.73. The predicted octanol–water partition coefficient (Wildman–Crippen LogP) is 1.25. The molecule has 2 atom stereocenters. The molecule has 1 aromatic heterocycles. The lowest BCUT2D eigenvalue weighted by molar-refractivity contribution is -0.141. The van der Waals surface area contributed by atoms with Crippen molar-refractivity contribution < 1.29 is 19.4 Å². The number of amides is 1. The van der Waals surface area contributed by atoms with Crippen LogP contribution in [0.25, 0.3) is 0 Å². The van der Waals surface area contributed by atoms with Crippen LogP contribution in [-0.2, 0) is 16.1 Å². The molecule has 1 aromatic carbocycles. The summed E-state index contributed by atoms with van der Waals surface area (Å²) in [5.74, 6) is -1.29. The average molecular weight is 329 g/mol. The molecule has 1 aliphatic heterocycles. The first-order chi connectivity index (χ1) is 11.6. The molecule has 0 bridgehead atoms. The van der Waals surface area contributed by atoms with Crippen molar-refractivity contribution in [2.75, 3.05) is 13.7 Å². The molecule has 24 heavy (non-hydrogen) atoms. The quantitative estimate of drug-likeness (QED) is 0.892. The Morgan fingerprint density at radius 1 is 1.33 bits per heavy atom. The number of hydrogen-bond acceptors (Lipinski definition) is 4. The van der Waals surface area contributed by atoms with Gasteiger partial charge in [-0.05, 0) is 23.8 Å². The van der Waals surface area contributed by atoms with E-state index >= 15 is 0 Å². The van der Waals surface area contributed by atoms with Crippen molar-refractivity contribution in [2.24, 2.45) is 0 Å². The molecule has 1 amide bonds. The van der Waals surface area contributed by atoms with Gasteiger partial charge in [0.25, 0.3) is 5.91 Å². The SMILES string of the molecule is COC1CC(C(=O)O)N(C(=O)c2ccc(Cn3cccn3)cc2)C1. The van der Waals surface area contributed by atoms with Crippen molar-refractivity contribution in [1.29, 1.82) is 0 Å². The first-order valence-corrected chi connectivity index (χ1v) is 7.71. The van der Waals surface area contributed by atoms with E-state index in [-0.39, 0.29) is 12.0 Å². The summed E-state index contributed by atoms with van der Waals surface area (Å²) in [5.41, 5.74) is 1.49. The van der Waals surface area contributed by atoms with Crippen LogP contribution in [0.3, 0.4) is 0 Å². The van der Waals surface area contributed by atoms with Crippen LogP contribution in [0.2, 0.25) is 0 Å². The number of carboxylic acids is 1. The molecule has 7 nitrogen and oxygen atoms in total. The van der Waals surface area contributed by atoms with Crippen LogP contribution in [0.5, 0.6) is 0 Å². The van der Waals surface area contributed by atoms with Gasteiger partial charge in [-0.25, -0.2) is 4.79 Å². The molecular formula is C17H19N3O4. The molecule has 1 aliphatic rings. The molecule has 0 saturated carbocycles. The summed E-state index contributed by atoms with van der Waals surface area (Å²) >= 11 is 0. The van der Waals surface area contributed by atoms with E-state index in [1.807, 2.05) is 24.4 Å². The zero-order chi connectivity index (χ0) is 17.1. The molecule has 1 saturated heterocycles. The Hall–Kier alpha value is -2.67. The van der Waals surface area contributed by atoms with Crippen LogP contribution in [-0.4, -0.2) is 57.5 Å². The Morgan fingerprint density at radius 2 is 2.08 bits per heavy atom. The molecule has 2 aromatic rings. The van der Waals surface area contributed by atoms with Crippen LogP contribution in [0.15, 0.2) is 42.7 Å². The normalized spacial score (nSPS) is 20.3. The molecule has 1 fully saturated rings. The van der Waals surface area contributed by atoms with Crippen molar-refractivity contribution in [3.63, 3.8) is 0 Å². The fourth-order valence-electron chi connectivity index (χ4n) is 2.93. The second-order valence-electron chi connectivity index (χ2n) is 5.81. The summed E-state index contributed by atoms with van der Waals surface area (Å²) < 4.78 is 7.01. The van der Waals surface area contributed by atoms with Gasteiger partial charge in [0.1, 0.15) is 6.04 Å². The monoisotopic (exact) mass is 329 g/mol. The Bertz CT molecular complexity index is 712. The highest BCUT2D eigenvalue weighted by atomic mass is 16.5. The maximum atomic E-state index is 12.6. The number of nitrogens with zero attached hydrogens (tertiary/aromatic N) is 3. The fourth-order valence-corrected chi connectivity index (χ4v) is 2.93. The number of carbonyl (C=O) groups excluding carboxylic acids is 1. The minimum Gasteiger partial charge on any atom is -0.480 e. The van der Waals surface area contributed by atoms with Crippen molar-refractivity contribution in [3.8, 4) is 0 Å². The van der Waals surface area contributed by atoms with Gasteiger partial charge in [-0.1, -0.05) is 12.1 Å². The Morgan fingerprint density at radius 3 is 2.67 bits per heavy atom. The third kappa shape index (κ3) is 3.30.